The van der Waals surface area contributed by atoms with Gasteiger partial charge in [0, 0.05) is 5.56 Å². The number of amides is 1. The molecule has 0 saturated heterocycles. The highest BCUT2D eigenvalue weighted by molar-refractivity contribution is 5.96. The molecule has 0 aliphatic heterocycles. The Balaban J connectivity index is 2.04. The molecule has 5 nitrogen and oxygen atoms in total. The maximum Gasteiger partial charge on any atom is 0.328 e. The summed E-state index contributed by atoms with van der Waals surface area (Å²) in [6.07, 6.45) is 3.11. The number of benzene rings is 1. The van der Waals surface area contributed by atoms with Gasteiger partial charge in [-0.05, 0) is 49.3 Å². The zero-order valence-corrected chi connectivity index (χ0v) is 14.5. The molecule has 1 aliphatic rings. The maximum atomic E-state index is 12.4. The average Bonchev–Trinajstić information content (AvgIpc) is 3.39. The third kappa shape index (κ3) is 4.14. The molecule has 2 rings (SSSR count). The number of methoxy groups -OCH3 is 1. The smallest absolute Gasteiger partial charge is 0.328 e. The Labute approximate surface area is 143 Å². The van der Waals surface area contributed by atoms with Gasteiger partial charge in [-0.15, -0.1) is 0 Å². The van der Waals surface area contributed by atoms with Gasteiger partial charge in [-0.25, -0.2) is 4.79 Å². The van der Waals surface area contributed by atoms with E-state index in [-0.39, 0.29) is 11.3 Å². The average molecular weight is 328 g/mol. The van der Waals surface area contributed by atoms with Crippen LogP contribution in [-0.2, 0) is 14.9 Å². The second-order valence-corrected chi connectivity index (χ2v) is 6.79. The minimum Gasteiger partial charge on any atom is -0.467 e. The summed E-state index contributed by atoms with van der Waals surface area (Å²) < 4.78 is 4.78. The highest BCUT2D eigenvalue weighted by atomic mass is 16.5. The van der Waals surface area contributed by atoms with Crippen molar-refractivity contribution in [3.8, 4) is 6.07 Å². The number of hydrogen-bond acceptors (Lipinski definition) is 4. The second kappa shape index (κ2) is 7.48. The molecule has 5 heteroatoms. The number of carbonyl (C=O) groups is 2. The van der Waals surface area contributed by atoms with Crippen molar-refractivity contribution < 1.29 is 14.3 Å². The number of esters is 1. The van der Waals surface area contributed by atoms with Gasteiger partial charge in [-0.3, -0.25) is 4.79 Å². The summed E-state index contributed by atoms with van der Waals surface area (Å²) in [6, 6.07) is 8.76. The molecule has 1 saturated carbocycles. The zero-order valence-electron chi connectivity index (χ0n) is 14.5. The number of rotatable bonds is 7. The largest absolute Gasteiger partial charge is 0.467 e. The number of ether oxygens (including phenoxy) is 1. The number of nitriles is 1. The number of nitrogens with one attached hydrogen (secondary N) is 1. The maximum absolute atomic E-state index is 12.4. The molecular weight excluding hydrogens is 304 g/mol. The van der Waals surface area contributed by atoms with Crippen LogP contribution in [0.25, 0.3) is 0 Å². The van der Waals surface area contributed by atoms with Gasteiger partial charge in [-0.1, -0.05) is 26.0 Å². The van der Waals surface area contributed by atoms with E-state index in [2.05, 4.69) is 25.2 Å². The Morgan fingerprint density at radius 1 is 1.25 bits per heavy atom. The van der Waals surface area contributed by atoms with Gasteiger partial charge < -0.3 is 10.1 Å². The number of nitrogens with zero attached hydrogens (tertiary/aromatic N) is 1. The topological polar surface area (TPSA) is 79.2 Å². The summed E-state index contributed by atoms with van der Waals surface area (Å²) in [6.45, 7) is 4.13. The van der Waals surface area contributed by atoms with Crippen molar-refractivity contribution in [3.63, 3.8) is 0 Å². The van der Waals surface area contributed by atoms with Crippen molar-refractivity contribution in [2.24, 2.45) is 5.92 Å². The fourth-order valence-electron chi connectivity index (χ4n) is 2.66. The molecule has 0 spiro atoms. The molecule has 0 radical (unpaired) electrons. The molecule has 128 valence electrons. The molecule has 0 bridgehead atoms. The molecule has 0 heterocycles. The summed E-state index contributed by atoms with van der Waals surface area (Å²) in [5, 5.41) is 12.0. The van der Waals surface area contributed by atoms with Crippen molar-refractivity contribution in [1.82, 2.24) is 5.32 Å². The van der Waals surface area contributed by atoms with Crippen LogP contribution < -0.4 is 5.32 Å². The molecule has 1 atom stereocenters. The minimum atomic E-state index is -0.640. The lowest BCUT2D eigenvalue weighted by atomic mass is 9.96. The van der Waals surface area contributed by atoms with E-state index in [4.69, 9.17) is 4.74 Å². The quantitative estimate of drug-likeness (QED) is 0.781. The Kier molecular flexibility index (Phi) is 5.61. The number of hydrogen-bond donors (Lipinski definition) is 1. The van der Waals surface area contributed by atoms with Crippen LogP contribution in [0.3, 0.4) is 0 Å². The molecule has 1 N–H and O–H groups in total. The Bertz CT molecular complexity index is 640. The van der Waals surface area contributed by atoms with Crippen LogP contribution >= 0.6 is 0 Å². The first-order valence-electron chi connectivity index (χ1n) is 8.32. The van der Waals surface area contributed by atoms with E-state index in [9.17, 15) is 14.9 Å². The minimum absolute atomic E-state index is 0.303. The van der Waals surface area contributed by atoms with E-state index < -0.39 is 12.0 Å². The molecule has 1 aromatic carbocycles. The van der Waals surface area contributed by atoms with Gasteiger partial charge >= 0.3 is 5.97 Å². The molecule has 1 fully saturated rings. The Morgan fingerprint density at radius 2 is 1.88 bits per heavy atom. The van der Waals surface area contributed by atoms with Gasteiger partial charge in [0.25, 0.3) is 5.91 Å². The van der Waals surface area contributed by atoms with Crippen LogP contribution in [0.2, 0.25) is 0 Å². The predicted molar refractivity (Wildman–Crippen MR) is 90.3 cm³/mol. The summed E-state index contributed by atoms with van der Waals surface area (Å²) in [5.74, 6) is -0.293. The van der Waals surface area contributed by atoms with E-state index in [1.165, 1.54) is 7.11 Å². The third-order valence-electron chi connectivity index (χ3n) is 4.49. The van der Waals surface area contributed by atoms with Crippen LogP contribution in [0.4, 0.5) is 0 Å². The van der Waals surface area contributed by atoms with Crippen molar-refractivity contribution >= 4 is 11.9 Å². The fourth-order valence-corrected chi connectivity index (χ4v) is 2.66. The summed E-state index contributed by atoms with van der Waals surface area (Å²) in [5.41, 5.74) is 1.07. The first-order valence-corrected chi connectivity index (χ1v) is 8.32. The first kappa shape index (κ1) is 18.0. The normalized spacial score (nSPS) is 16.1. The van der Waals surface area contributed by atoms with E-state index in [1.807, 2.05) is 12.1 Å². The molecule has 1 unspecified atom stereocenters. The Hall–Kier alpha value is -2.35. The van der Waals surface area contributed by atoms with Crippen LogP contribution in [0.1, 0.15) is 55.5 Å². The lowest BCUT2D eigenvalue weighted by molar-refractivity contribution is -0.143. The number of carbonyl (C=O) groups excluding carboxylic acids is 2. The van der Waals surface area contributed by atoms with Crippen molar-refractivity contribution in [2.45, 2.75) is 51.0 Å². The van der Waals surface area contributed by atoms with Crippen molar-refractivity contribution in [2.75, 3.05) is 7.11 Å². The van der Waals surface area contributed by atoms with Crippen molar-refractivity contribution in [1.29, 1.82) is 5.26 Å². The van der Waals surface area contributed by atoms with Crippen LogP contribution in [-0.4, -0.2) is 25.0 Å². The van der Waals surface area contributed by atoms with Gasteiger partial charge in [0.05, 0.1) is 18.6 Å². The lowest BCUT2D eigenvalue weighted by Crippen LogP contribution is -2.41. The highest BCUT2D eigenvalue weighted by Crippen LogP contribution is 2.47. The second-order valence-electron chi connectivity index (χ2n) is 6.79. The van der Waals surface area contributed by atoms with Gasteiger partial charge in [0.15, 0.2) is 0 Å². The standard InChI is InChI=1S/C19H24N2O3/c1-13(2)4-9-16(18(23)24-3)21-17(22)14-5-7-15(8-6-14)19(12-20)10-11-19/h5-8,13,16H,4,9-11H2,1-3H3,(H,21,22). The van der Waals surface area contributed by atoms with E-state index in [0.29, 0.717) is 17.9 Å². The third-order valence-corrected chi connectivity index (χ3v) is 4.49. The SMILES string of the molecule is COC(=O)C(CCC(C)C)NC(=O)c1ccc(C2(C#N)CC2)cc1. The first-order chi connectivity index (χ1) is 11.4. The van der Waals surface area contributed by atoms with E-state index in [1.54, 1.807) is 12.1 Å². The summed E-state index contributed by atoms with van der Waals surface area (Å²) >= 11 is 0. The van der Waals surface area contributed by atoms with Gasteiger partial charge in [0.1, 0.15) is 6.04 Å². The van der Waals surface area contributed by atoms with Gasteiger partial charge in [0.2, 0.25) is 0 Å². The summed E-state index contributed by atoms with van der Waals surface area (Å²) in [4.78, 5) is 24.2. The Morgan fingerprint density at radius 3 is 2.33 bits per heavy atom. The predicted octanol–water partition coefficient (Wildman–Crippen LogP) is 2.95. The molecule has 1 aliphatic carbocycles. The van der Waals surface area contributed by atoms with Gasteiger partial charge in [-0.2, -0.15) is 5.26 Å². The fraction of sp³-hybridized carbons (Fsp3) is 0.526. The zero-order chi connectivity index (χ0) is 17.7. The van der Waals surface area contributed by atoms with Crippen LogP contribution in [0.5, 0.6) is 0 Å². The van der Waals surface area contributed by atoms with E-state index >= 15 is 0 Å². The van der Waals surface area contributed by atoms with Crippen molar-refractivity contribution in [3.05, 3.63) is 35.4 Å². The molecule has 0 aromatic heterocycles. The molecule has 1 aromatic rings. The monoisotopic (exact) mass is 328 g/mol. The molecule has 24 heavy (non-hydrogen) atoms. The molecular formula is C19H24N2O3. The van der Waals surface area contributed by atoms with Crippen LogP contribution in [0.15, 0.2) is 24.3 Å². The highest BCUT2D eigenvalue weighted by Gasteiger charge is 2.44. The van der Waals surface area contributed by atoms with E-state index in [0.717, 1.165) is 24.8 Å². The summed E-state index contributed by atoms with van der Waals surface area (Å²) in [7, 11) is 1.32. The lowest BCUT2D eigenvalue weighted by Gasteiger charge is -2.17. The molecule has 1 amide bonds. The van der Waals surface area contributed by atoms with Crippen LogP contribution in [0, 0.1) is 17.2 Å².